The molecule has 0 spiro atoms. The Morgan fingerprint density at radius 2 is 0.667 bits per heavy atom. The number of hydrogen-bond donors (Lipinski definition) is 0. The van der Waals surface area contributed by atoms with Crippen LogP contribution in [0.25, 0.3) is 78.7 Å². The van der Waals surface area contributed by atoms with Gasteiger partial charge in [0.25, 0.3) is 0 Å². The van der Waals surface area contributed by atoms with E-state index in [4.69, 9.17) is 15.0 Å². The molecule has 262 valence electrons. The first-order chi connectivity index (χ1) is 26.3. The Labute approximate surface area is 317 Å². The fourth-order valence-electron chi connectivity index (χ4n) is 6.73. The monoisotopic (exact) mass is 717 g/mol. The van der Waals surface area contributed by atoms with Crippen molar-refractivity contribution >= 4 is 7.14 Å². The fraction of sp³-hybridized carbons (Fsp3) is 0.0816. The standard InChI is InChI=1S/C49H40N3OP/c1-54(2,53)27-26-35-16-15-25-40(28-35)47-50-48(45-31-41(36-17-7-3-8-18-36)29-42(32-45)37-19-9-4-10-20-37)52-49(51-47)46-33-43(38-21-11-5-12-22-38)30-44(34-46)39-23-13-6-14-24-39/h3-25,28-34H,26-27H2,1-2H3. The van der Waals surface area contributed by atoms with Crippen molar-refractivity contribution in [3.8, 4) is 78.7 Å². The molecule has 0 saturated carbocycles. The van der Waals surface area contributed by atoms with Gasteiger partial charge in [-0.25, -0.2) is 15.0 Å². The van der Waals surface area contributed by atoms with Crippen molar-refractivity contribution in [2.45, 2.75) is 6.42 Å². The molecular formula is C49H40N3OP. The van der Waals surface area contributed by atoms with Gasteiger partial charge < -0.3 is 4.57 Å². The van der Waals surface area contributed by atoms with Crippen LogP contribution in [0.15, 0.2) is 182 Å². The summed E-state index contributed by atoms with van der Waals surface area (Å²) in [6, 6.07) is 63.2. The van der Waals surface area contributed by atoms with Crippen molar-refractivity contribution in [2.24, 2.45) is 0 Å². The molecule has 0 radical (unpaired) electrons. The Kier molecular flexibility index (Phi) is 9.94. The molecule has 0 unspecified atom stereocenters. The number of nitrogens with zero attached hydrogens (tertiary/aromatic N) is 3. The predicted octanol–water partition coefficient (Wildman–Crippen LogP) is 12.7. The number of hydrogen-bond acceptors (Lipinski definition) is 4. The van der Waals surface area contributed by atoms with Crippen LogP contribution in [0.3, 0.4) is 0 Å². The normalized spacial score (nSPS) is 11.4. The molecule has 7 aromatic carbocycles. The highest BCUT2D eigenvalue weighted by Gasteiger charge is 2.17. The van der Waals surface area contributed by atoms with E-state index in [9.17, 15) is 4.57 Å². The molecule has 8 rings (SSSR count). The van der Waals surface area contributed by atoms with Crippen molar-refractivity contribution in [3.05, 3.63) is 188 Å². The molecule has 0 aliphatic carbocycles. The predicted molar refractivity (Wildman–Crippen MR) is 226 cm³/mol. The number of benzene rings is 7. The molecule has 0 saturated heterocycles. The van der Waals surface area contributed by atoms with Crippen LogP contribution in [0.1, 0.15) is 5.56 Å². The molecule has 4 nitrogen and oxygen atoms in total. The lowest BCUT2D eigenvalue weighted by atomic mass is 9.95. The van der Waals surface area contributed by atoms with Gasteiger partial charge in [-0.05, 0) is 112 Å². The van der Waals surface area contributed by atoms with Gasteiger partial charge in [0.2, 0.25) is 0 Å². The summed E-state index contributed by atoms with van der Waals surface area (Å²) >= 11 is 0. The minimum atomic E-state index is -2.18. The van der Waals surface area contributed by atoms with E-state index in [0.717, 1.165) is 73.2 Å². The molecule has 0 amide bonds. The lowest BCUT2D eigenvalue weighted by Crippen LogP contribution is -2.02. The van der Waals surface area contributed by atoms with E-state index in [1.807, 2.05) is 43.7 Å². The lowest BCUT2D eigenvalue weighted by molar-refractivity contribution is 0.582. The summed E-state index contributed by atoms with van der Waals surface area (Å²) in [5.74, 6) is 1.77. The van der Waals surface area contributed by atoms with Gasteiger partial charge in [-0.1, -0.05) is 140 Å². The molecule has 8 aromatic rings. The quantitative estimate of drug-likeness (QED) is 0.132. The second-order valence-electron chi connectivity index (χ2n) is 14.1. The molecule has 1 aromatic heterocycles. The average Bonchev–Trinajstić information content (AvgIpc) is 3.23. The number of rotatable bonds is 10. The van der Waals surface area contributed by atoms with Gasteiger partial charge in [0.15, 0.2) is 17.5 Å². The summed E-state index contributed by atoms with van der Waals surface area (Å²) in [5.41, 5.74) is 12.6. The SMILES string of the molecule is CP(C)(=O)CCc1cccc(-c2nc(-c3cc(-c4ccccc4)cc(-c4ccccc4)c3)nc(-c3cc(-c4ccccc4)cc(-c4ccccc4)c3)n2)c1. The van der Waals surface area contributed by atoms with Crippen molar-refractivity contribution < 1.29 is 4.57 Å². The lowest BCUT2D eigenvalue weighted by Gasteiger charge is -2.14. The summed E-state index contributed by atoms with van der Waals surface area (Å²) < 4.78 is 12.6. The van der Waals surface area contributed by atoms with Crippen molar-refractivity contribution in [1.82, 2.24) is 15.0 Å². The van der Waals surface area contributed by atoms with Crippen LogP contribution in [0.5, 0.6) is 0 Å². The van der Waals surface area contributed by atoms with E-state index in [0.29, 0.717) is 23.6 Å². The first-order valence-corrected chi connectivity index (χ1v) is 21.1. The minimum Gasteiger partial charge on any atom is -0.324 e. The summed E-state index contributed by atoms with van der Waals surface area (Å²) in [5, 5.41) is 0. The average molecular weight is 718 g/mol. The Balaban J connectivity index is 1.35. The third-order valence-corrected chi connectivity index (χ3v) is 10.9. The fourth-order valence-corrected chi connectivity index (χ4v) is 7.53. The second-order valence-corrected chi connectivity index (χ2v) is 17.7. The second kappa shape index (κ2) is 15.4. The molecular weight excluding hydrogens is 678 g/mol. The zero-order valence-electron chi connectivity index (χ0n) is 30.4. The van der Waals surface area contributed by atoms with Crippen LogP contribution in [0.2, 0.25) is 0 Å². The van der Waals surface area contributed by atoms with Gasteiger partial charge in [-0.3, -0.25) is 0 Å². The van der Waals surface area contributed by atoms with Gasteiger partial charge in [0.05, 0.1) is 7.14 Å². The maximum atomic E-state index is 12.6. The van der Waals surface area contributed by atoms with Crippen LogP contribution >= 0.6 is 7.14 Å². The van der Waals surface area contributed by atoms with E-state index in [1.54, 1.807) is 0 Å². The summed E-state index contributed by atoms with van der Waals surface area (Å²) in [6.07, 6.45) is 1.37. The Morgan fingerprint density at radius 3 is 1.02 bits per heavy atom. The zero-order valence-corrected chi connectivity index (χ0v) is 31.3. The van der Waals surface area contributed by atoms with Gasteiger partial charge >= 0.3 is 0 Å². The molecule has 0 fully saturated rings. The topological polar surface area (TPSA) is 55.7 Å². The van der Waals surface area contributed by atoms with Gasteiger partial charge in [0, 0.05) is 22.9 Å². The van der Waals surface area contributed by atoms with Crippen molar-refractivity contribution in [1.29, 1.82) is 0 Å². The van der Waals surface area contributed by atoms with E-state index in [2.05, 4.69) is 152 Å². The Morgan fingerprint density at radius 1 is 0.352 bits per heavy atom. The smallest absolute Gasteiger partial charge is 0.164 e. The highest BCUT2D eigenvalue weighted by molar-refractivity contribution is 7.62. The third kappa shape index (κ3) is 8.20. The van der Waals surface area contributed by atoms with Crippen LogP contribution < -0.4 is 0 Å². The summed E-state index contributed by atoms with van der Waals surface area (Å²) in [7, 11) is -2.18. The first kappa shape index (κ1) is 34.8. The summed E-state index contributed by atoms with van der Waals surface area (Å²) in [6.45, 7) is 3.70. The Bertz CT molecular complexity index is 2330. The van der Waals surface area contributed by atoms with Gasteiger partial charge in [-0.2, -0.15) is 0 Å². The molecule has 0 aliphatic rings. The van der Waals surface area contributed by atoms with Gasteiger partial charge in [0.1, 0.15) is 0 Å². The largest absolute Gasteiger partial charge is 0.324 e. The molecule has 0 N–H and O–H groups in total. The molecule has 54 heavy (non-hydrogen) atoms. The summed E-state index contributed by atoms with van der Waals surface area (Å²) in [4.78, 5) is 15.7. The first-order valence-electron chi connectivity index (χ1n) is 18.3. The van der Waals surface area contributed by atoms with E-state index in [1.165, 1.54) is 0 Å². The molecule has 0 bridgehead atoms. The van der Waals surface area contributed by atoms with E-state index in [-0.39, 0.29) is 0 Å². The molecule has 0 atom stereocenters. The van der Waals surface area contributed by atoms with Crippen LogP contribution in [-0.2, 0) is 11.0 Å². The maximum Gasteiger partial charge on any atom is 0.164 e. The highest BCUT2D eigenvalue weighted by Crippen LogP contribution is 2.38. The van der Waals surface area contributed by atoms with Gasteiger partial charge in [-0.15, -0.1) is 0 Å². The van der Waals surface area contributed by atoms with Crippen molar-refractivity contribution in [2.75, 3.05) is 19.5 Å². The zero-order chi connectivity index (χ0) is 36.9. The molecule has 5 heteroatoms. The molecule has 0 aliphatic heterocycles. The maximum absolute atomic E-state index is 12.6. The number of aromatic nitrogens is 3. The van der Waals surface area contributed by atoms with Crippen LogP contribution in [0.4, 0.5) is 0 Å². The highest BCUT2D eigenvalue weighted by atomic mass is 31.2. The molecule has 1 heterocycles. The number of aryl methyl sites for hydroxylation is 1. The third-order valence-electron chi connectivity index (χ3n) is 9.57. The van der Waals surface area contributed by atoms with E-state index < -0.39 is 7.14 Å². The van der Waals surface area contributed by atoms with Crippen LogP contribution in [0, 0.1) is 0 Å². The Hall–Kier alpha value is -6.22. The minimum absolute atomic E-state index is 0.589. The van der Waals surface area contributed by atoms with Crippen LogP contribution in [-0.4, -0.2) is 34.4 Å². The van der Waals surface area contributed by atoms with Crippen molar-refractivity contribution in [3.63, 3.8) is 0 Å². The van der Waals surface area contributed by atoms with E-state index >= 15 is 0 Å².